The molecule has 0 N–H and O–H groups in total. The predicted octanol–water partition coefficient (Wildman–Crippen LogP) is 6.67. The normalized spacial score (nSPS) is 21.2. The molecule has 0 aromatic carbocycles. The maximum atomic E-state index is 11.3. The minimum Gasteiger partial charge on any atom is -0.469 e. The molecule has 0 bridgehead atoms. The molecule has 1 aliphatic rings. The van der Waals surface area contributed by atoms with E-state index in [1.807, 2.05) is 45.2 Å². The van der Waals surface area contributed by atoms with Crippen LogP contribution in [0, 0.1) is 0 Å². The van der Waals surface area contributed by atoms with Crippen molar-refractivity contribution >= 4 is 20.4 Å². The number of carbonyl (C=O) groups excluding carboxylic acids is 1. The number of hydrogen-bond acceptors (Lipinski definition) is 7. The van der Waals surface area contributed by atoms with Crippen LogP contribution < -0.4 is 0 Å². The maximum Gasteiger partial charge on any atom is 0.305 e. The summed E-state index contributed by atoms with van der Waals surface area (Å²) in [4.78, 5) is 11.3. The minimum absolute atomic E-state index is 0.0795. The van der Waals surface area contributed by atoms with Gasteiger partial charge in [-0.15, -0.1) is 5.10 Å². The van der Waals surface area contributed by atoms with Crippen molar-refractivity contribution in [2.45, 2.75) is 116 Å². The average molecular weight is 548 g/mol. The molecule has 0 radical (unpaired) electrons. The number of allylic oxidation sites excluding steroid dienone is 2. The Morgan fingerprint density at radius 3 is 2.53 bits per heavy atom. The van der Waals surface area contributed by atoms with Gasteiger partial charge in [-0.05, 0) is 63.7 Å². The highest BCUT2D eigenvalue weighted by Gasteiger charge is 2.41. The molecule has 0 saturated carbocycles. The molecule has 1 aliphatic heterocycles. The Morgan fingerprint density at radius 1 is 1.18 bits per heavy atom. The lowest BCUT2D eigenvalue weighted by atomic mass is 10.1. The maximum absolute atomic E-state index is 11.3. The average Bonchev–Trinajstić information content (AvgIpc) is 3.33. The van der Waals surface area contributed by atoms with E-state index in [2.05, 4.69) is 63.3 Å². The second-order valence-electron chi connectivity index (χ2n) is 11.8. The second-order valence-corrected chi connectivity index (χ2v) is 16.5. The number of aryl methyl sites for hydroxylation is 1. The summed E-state index contributed by atoms with van der Waals surface area (Å²) in [5.74, 6) is -0.898. The van der Waals surface area contributed by atoms with Gasteiger partial charge in [0.05, 0.1) is 25.0 Å². The molecule has 214 valence electrons. The molecule has 0 spiro atoms. The van der Waals surface area contributed by atoms with E-state index < -0.39 is 14.1 Å². The van der Waals surface area contributed by atoms with E-state index in [0.717, 1.165) is 24.2 Å². The Morgan fingerprint density at radius 2 is 1.89 bits per heavy atom. The van der Waals surface area contributed by atoms with Gasteiger partial charge in [0.25, 0.3) is 0 Å². The van der Waals surface area contributed by atoms with E-state index >= 15 is 0 Å². The van der Waals surface area contributed by atoms with E-state index in [1.54, 1.807) is 4.68 Å². The molecule has 38 heavy (non-hydrogen) atoms. The Balaban J connectivity index is 2.26. The second kappa shape index (κ2) is 13.8. The fourth-order valence-electron chi connectivity index (χ4n) is 3.98. The number of nitrogens with zero attached hydrogens (tertiary/aromatic N) is 3. The van der Waals surface area contributed by atoms with Gasteiger partial charge in [-0.3, -0.25) is 4.79 Å². The van der Waals surface area contributed by atoms with Crippen LogP contribution in [0.15, 0.2) is 30.4 Å². The number of methoxy groups -OCH3 is 1. The summed E-state index contributed by atoms with van der Waals surface area (Å²) in [7, 11) is 1.25. The third-order valence-corrected chi connectivity index (χ3v) is 11.6. The zero-order chi connectivity index (χ0) is 28.6. The van der Waals surface area contributed by atoms with E-state index in [0.29, 0.717) is 19.3 Å². The number of hydrogen-bond donors (Lipinski definition) is 0. The SMILES string of the molecule is CC/C=C\C[C@H](O[Si](C)(C)C(C)(C)C)c1nnn(C)c1/C=C/[C@H]1OC(C)(C)O[C@H]1C/C=C\CCC(=O)OC. The van der Waals surface area contributed by atoms with Crippen LogP contribution in [0.1, 0.15) is 91.1 Å². The standard InChI is InChI=1S/C29H49N3O5Si/c1-11-12-14-18-25(37-38(9,10)28(2,3)4)27-22(32(7)31-30-27)20-21-24-23(35-29(5,6)36-24)17-15-13-16-19-26(33)34-8/h12-15,20-21,23-25H,11,16-19H2,1-10H3/b14-12-,15-13-,21-20+/t23-,24+,25-/m0/s1. The molecule has 9 heteroatoms. The van der Waals surface area contributed by atoms with Crippen molar-refractivity contribution in [1.82, 2.24) is 15.0 Å². The van der Waals surface area contributed by atoms with Crippen LogP contribution in [-0.4, -0.2) is 54.4 Å². The molecule has 0 unspecified atom stereocenters. The van der Waals surface area contributed by atoms with Crippen LogP contribution >= 0.6 is 0 Å². The van der Waals surface area contributed by atoms with Crippen molar-refractivity contribution in [1.29, 1.82) is 0 Å². The minimum atomic E-state index is -2.05. The number of rotatable bonds is 13. The summed E-state index contributed by atoms with van der Waals surface area (Å²) < 4.78 is 25.7. The number of aromatic nitrogens is 3. The highest BCUT2D eigenvalue weighted by Crippen LogP contribution is 2.41. The zero-order valence-electron chi connectivity index (χ0n) is 25.1. The first kappa shape index (κ1) is 32.1. The molecule has 1 aromatic heterocycles. The quantitative estimate of drug-likeness (QED) is 0.155. The summed E-state index contributed by atoms with van der Waals surface area (Å²) in [5.41, 5.74) is 1.74. The van der Waals surface area contributed by atoms with Crippen molar-refractivity contribution in [3.8, 4) is 0 Å². The van der Waals surface area contributed by atoms with Gasteiger partial charge in [0.2, 0.25) is 0 Å². The molecule has 2 heterocycles. The van der Waals surface area contributed by atoms with Crippen LogP contribution in [0.2, 0.25) is 18.1 Å². The van der Waals surface area contributed by atoms with E-state index in [-0.39, 0.29) is 29.3 Å². The molecule has 2 rings (SSSR count). The number of carbonyl (C=O) groups is 1. The highest BCUT2D eigenvalue weighted by atomic mass is 28.4. The molecule has 1 aromatic rings. The smallest absolute Gasteiger partial charge is 0.305 e. The van der Waals surface area contributed by atoms with Gasteiger partial charge in [-0.1, -0.05) is 63.3 Å². The molecule has 1 fully saturated rings. The van der Waals surface area contributed by atoms with Crippen molar-refractivity contribution < 1.29 is 23.4 Å². The molecular weight excluding hydrogens is 498 g/mol. The van der Waals surface area contributed by atoms with E-state index in [1.165, 1.54) is 7.11 Å². The summed E-state index contributed by atoms with van der Waals surface area (Å²) in [6.07, 6.45) is 15.3. The van der Waals surface area contributed by atoms with E-state index in [4.69, 9.17) is 18.6 Å². The third kappa shape index (κ3) is 9.29. The van der Waals surface area contributed by atoms with Crippen molar-refractivity contribution in [3.05, 3.63) is 41.8 Å². The Bertz CT molecular complexity index is 991. The topological polar surface area (TPSA) is 84.7 Å². The lowest BCUT2D eigenvalue weighted by Crippen LogP contribution is -2.42. The summed E-state index contributed by atoms with van der Waals surface area (Å²) in [5, 5.41) is 8.98. The number of ether oxygens (including phenoxy) is 3. The van der Waals surface area contributed by atoms with Gasteiger partial charge in [0, 0.05) is 13.5 Å². The lowest BCUT2D eigenvalue weighted by Gasteiger charge is -2.38. The predicted molar refractivity (Wildman–Crippen MR) is 154 cm³/mol. The molecule has 8 nitrogen and oxygen atoms in total. The van der Waals surface area contributed by atoms with Crippen LogP contribution in [0.5, 0.6) is 0 Å². The van der Waals surface area contributed by atoms with Gasteiger partial charge < -0.3 is 18.6 Å². The zero-order valence-corrected chi connectivity index (χ0v) is 26.1. The van der Waals surface area contributed by atoms with Crippen molar-refractivity contribution in [2.75, 3.05) is 7.11 Å². The Labute approximate surface area is 230 Å². The molecule has 0 amide bonds. The van der Waals surface area contributed by atoms with Crippen molar-refractivity contribution in [3.63, 3.8) is 0 Å². The molecule has 1 saturated heterocycles. The van der Waals surface area contributed by atoms with Gasteiger partial charge in [-0.2, -0.15) is 0 Å². The number of esters is 1. The lowest BCUT2D eigenvalue weighted by molar-refractivity contribution is -0.142. The van der Waals surface area contributed by atoms with Gasteiger partial charge in [0.1, 0.15) is 11.8 Å². The molecular formula is C29H49N3O5Si. The first-order valence-electron chi connectivity index (χ1n) is 13.7. The first-order valence-corrected chi connectivity index (χ1v) is 16.6. The van der Waals surface area contributed by atoms with Gasteiger partial charge in [-0.25, -0.2) is 4.68 Å². The fraction of sp³-hybridized carbons (Fsp3) is 0.690. The van der Waals surface area contributed by atoms with Gasteiger partial charge >= 0.3 is 5.97 Å². The Kier molecular flexibility index (Phi) is 11.7. The van der Waals surface area contributed by atoms with Gasteiger partial charge in [0.15, 0.2) is 14.1 Å². The first-order chi connectivity index (χ1) is 17.7. The third-order valence-electron chi connectivity index (χ3n) is 7.14. The monoisotopic (exact) mass is 547 g/mol. The summed E-state index contributed by atoms with van der Waals surface area (Å²) in [6, 6.07) is 0. The van der Waals surface area contributed by atoms with Crippen LogP contribution in [0.25, 0.3) is 6.08 Å². The van der Waals surface area contributed by atoms with E-state index in [9.17, 15) is 4.79 Å². The molecule has 3 atom stereocenters. The van der Waals surface area contributed by atoms with Crippen LogP contribution in [0.3, 0.4) is 0 Å². The van der Waals surface area contributed by atoms with Crippen LogP contribution in [-0.2, 0) is 30.5 Å². The molecule has 0 aliphatic carbocycles. The largest absolute Gasteiger partial charge is 0.469 e. The highest BCUT2D eigenvalue weighted by molar-refractivity contribution is 6.74. The summed E-state index contributed by atoms with van der Waals surface area (Å²) in [6.45, 7) is 17.3. The Hall–Kier alpha value is -2.07. The fourth-order valence-corrected chi connectivity index (χ4v) is 5.26. The summed E-state index contributed by atoms with van der Waals surface area (Å²) >= 11 is 0. The van der Waals surface area contributed by atoms with Crippen LogP contribution in [0.4, 0.5) is 0 Å². The van der Waals surface area contributed by atoms with Crippen molar-refractivity contribution in [2.24, 2.45) is 7.05 Å².